The Hall–Kier alpha value is -1.92. The molecule has 1 atom stereocenters. The lowest BCUT2D eigenvalue weighted by Crippen LogP contribution is -2.19. The molecule has 0 saturated carbocycles. The third kappa shape index (κ3) is 3.79. The number of nitrogens with two attached hydrogens (primary N) is 1. The van der Waals surface area contributed by atoms with Crippen LogP contribution in [0.2, 0.25) is 5.02 Å². The maximum absolute atomic E-state index is 11.9. The van der Waals surface area contributed by atoms with Crippen LogP contribution in [0.5, 0.6) is 0 Å². The van der Waals surface area contributed by atoms with E-state index in [9.17, 15) is 4.79 Å². The van der Waals surface area contributed by atoms with Crippen molar-refractivity contribution >= 4 is 23.2 Å². The molecule has 1 aromatic heterocycles. The monoisotopic (exact) mass is 293 g/mol. The van der Waals surface area contributed by atoms with Gasteiger partial charge < -0.3 is 11.1 Å². The summed E-state index contributed by atoms with van der Waals surface area (Å²) in [6.45, 7) is 2.05. The van der Waals surface area contributed by atoms with Crippen molar-refractivity contribution < 1.29 is 4.79 Å². The van der Waals surface area contributed by atoms with Crippen LogP contribution in [-0.2, 0) is 11.3 Å². The highest BCUT2D eigenvalue weighted by molar-refractivity contribution is 6.30. The molecular formula is C13H16ClN5O. The minimum absolute atomic E-state index is 0.0793. The fraction of sp³-hybridized carbons (Fsp3) is 0.308. The van der Waals surface area contributed by atoms with Crippen LogP contribution in [0.15, 0.2) is 30.5 Å². The van der Waals surface area contributed by atoms with Gasteiger partial charge in [-0.25, -0.2) is 4.68 Å². The lowest BCUT2D eigenvalue weighted by atomic mass is 10.2. The summed E-state index contributed by atoms with van der Waals surface area (Å²) in [4.78, 5) is 11.9. The molecule has 7 heteroatoms. The Labute approximate surface area is 121 Å². The van der Waals surface area contributed by atoms with E-state index in [0.717, 1.165) is 6.42 Å². The van der Waals surface area contributed by atoms with Gasteiger partial charge in [0.1, 0.15) is 6.54 Å². The van der Waals surface area contributed by atoms with E-state index in [-0.39, 0.29) is 18.5 Å². The minimum Gasteiger partial charge on any atom is -0.324 e. The predicted octanol–water partition coefficient (Wildman–Crippen LogP) is 1.98. The van der Waals surface area contributed by atoms with E-state index >= 15 is 0 Å². The number of aromatic nitrogens is 3. The van der Waals surface area contributed by atoms with Crippen molar-refractivity contribution in [3.63, 3.8) is 0 Å². The first-order valence-corrected chi connectivity index (χ1v) is 6.67. The molecule has 1 unspecified atom stereocenters. The van der Waals surface area contributed by atoms with Gasteiger partial charge in [-0.05, 0) is 24.6 Å². The summed E-state index contributed by atoms with van der Waals surface area (Å²) in [5, 5.41) is 11.1. The highest BCUT2D eigenvalue weighted by Gasteiger charge is 2.10. The zero-order valence-electron chi connectivity index (χ0n) is 11.1. The molecule has 0 bridgehead atoms. The van der Waals surface area contributed by atoms with Crippen molar-refractivity contribution in [1.82, 2.24) is 15.0 Å². The molecule has 20 heavy (non-hydrogen) atoms. The SMILES string of the molecule is CCC(N)c1cn(CC(=O)Nc2cccc(Cl)c2)nn1. The number of amides is 1. The van der Waals surface area contributed by atoms with Crippen LogP contribution >= 0.6 is 11.6 Å². The Morgan fingerprint density at radius 1 is 1.55 bits per heavy atom. The van der Waals surface area contributed by atoms with Crippen LogP contribution in [-0.4, -0.2) is 20.9 Å². The summed E-state index contributed by atoms with van der Waals surface area (Å²) in [7, 11) is 0. The number of carbonyl (C=O) groups is 1. The van der Waals surface area contributed by atoms with Crippen LogP contribution in [0.3, 0.4) is 0 Å². The number of nitrogens with zero attached hydrogens (tertiary/aromatic N) is 3. The molecule has 1 amide bonds. The Morgan fingerprint density at radius 2 is 2.35 bits per heavy atom. The average Bonchev–Trinajstić information content (AvgIpc) is 2.86. The molecule has 3 N–H and O–H groups in total. The zero-order chi connectivity index (χ0) is 14.5. The second-order valence-corrected chi connectivity index (χ2v) is 4.85. The van der Waals surface area contributed by atoms with Crippen LogP contribution in [0.1, 0.15) is 25.1 Å². The number of rotatable bonds is 5. The third-order valence-corrected chi connectivity index (χ3v) is 3.03. The minimum atomic E-state index is -0.200. The first-order valence-electron chi connectivity index (χ1n) is 6.29. The van der Waals surface area contributed by atoms with Gasteiger partial charge >= 0.3 is 0 Å². The topological polar surface area (TPSA) is 85.8 Å². The van der Waals surface area contributed by atoms with E-state index in [0.29, 0.717) is 16.4 Å². The lowest BCUT2D eigenvalue weighted by Gasteiger charge is -2.05. The quantitative estimate of drug-likeness (QED) is 0.882. The number of benzene rings is 1. The summed E-state index contributed by atoms with van der Waals surface area (Å²) in [6.07, 6.45) is 2.46. The van der Waals surface area contributed by atoms with Crippen LogP contribution < -0.4 is 11.1 Å². The third-order valence-electron chi connectivity index (χ3n) is 2.79. The van der Waals surface area contributed by atoms with Gasteiger partial charge in [0, 0.05) is 10.7 Å². The molecule has 1 heterocycles. The van der Waals surface area contributed by atoms with Gasteiger partial charge in [0.2, 0.25) is 5.91 Å². The molecule has 0 aliphatic rings. The van der Waals surface area contributed by atoms with Gasteiger partial charge in [0.25, 0.3) is 0 Å². The Balaban J connectivity index is 1.96. The van der Waals surface area contributed by atoms with Gasteiger partial charge in [-0.3, -0.25) is 4.79 Å². The summed E-state index contributed by atoms with van der Waals surface area (Å²) in [5.41, 5.74) is 7.18. The molecular weight excluding hydrogens is 278 g/mol. The van der Waals surface area contributed by atoms with E-state index in [1.54, 1.807) is 30.5 Å². The van der Waals surface area contributed by atoms with Crippen molar-refractivity contribution in [2.24, 2.45) is 5.73 Å². The van der Waals surface area contributed by atoms with Gasteiger partial charge in [-0.2, -0.15) is 0 Å². The molecule has 106 valence electrons. The maximum Gasteiger partial charge on any atom is 0.246 e. The second kappa shape index (κ2) is 6.49. The Morgan fingerprint density at radius 3 is 3.05 bits per heavy atom. The second-order valence-electron chi connectivity index (χ2n) is 4.41. The van der Waals surface area contributed by atoms with E-state index < -0.39 is 0 Å². The standard InChI is InChI=1S/C13H16ClN5O/c1-2-11(15)12-7-19(18-17-12)8-13(20)16-10-5-3-4-9(14)6-10/h3-7,11H,2,8,15H2,1H3,(H,16,20). The largest absolute Gasteiger partial charge is 0.324 e. The number of anilines is 1. The molecule has 2 aromatic rings. The summed E-state index contributed by atoms with van der Waals surface area (Å²) < 4.78 is 1.46. The van der Waals surface area contributed by atoms with Gasteiger partial charge in [-0.1, -0.05) is 29.8 Å². The number of halogens is 1. The molecule has 0 saturated heterocycles. The van der Waals surface area contributed by atoms with Crippen molar-refractivity contribution in [3.05, 3.63) is 41.2 Å². The Kier molecular flexibility index (Phi) is 4.70. The molecule has 1 aromatic carbocycles. The van der Waals surface area contributed by atoms with Crippen LogP contribution in [0.25, 0.3) is 0 Å². The van der Waals surface area contributed by atoms with E-state index in [1.165, 1.54) is 4.68 Å². The molecule has 0 spiro atoms. The highest BCUT2D eigenvalue weighted by Crippen LogP contribution is 2.15. The number of hydrogen-bond donors (Lipinski definition) is 2. The van der Waals surface area contributed by atoms with Gasteiger partial charge in [0.15, 0.2) is 0 Å². The summed E-state index contributed by atoms with van der Waals surface area (Å²) in [6, 6.07) is 6.81. The van der Waals surface area contributed by atoms with E-state index in [4.69, 9.17) is 17.3 Å². The van der Waals surface area contributed by atoms with Crippen molar-refractivity contribution in [2.45, 2.75) is 25.9 Å². The number of hydrogen-bond acceptors (Lipinski definition) is 4. The molecule has 0 radical (unpaired) electrons. The molecule has 2 rings (SSSR count). The van der Waals surface area contributed by atoms with Crippen LogP contribution in [0.4, 0.5) is 5.69 Å². The number of nitrogens with one attached hydrogen (secondary N) is 1. The fourth-order valence-corrected chi connectivity index (χ4v) is 1.87. The smallest absolute Gasteiger partial charge is 0.246 e. The van der Waals surface area contributed by atoms with Crippen molar-refractivity contribution in [3.8, 4) is 0 Å². The maximum atomic E-state index is 11.9. The van der Waals surface area contributed by atoms with Crippen molar-refractivity contribution in [2.75, 3.05) is 5.32 Å². The average molecular weight is 294 g/mol. The normalized spacial score (nSPS) is 12.2. The molecule has 6 nitrogen and oxygen atoms in total. The Bertz CT molecular complexity index is 598. The molecule has 0 aliphatic heterocycles. The van der Waals surface area contributed by atoms with Gasteiger partial charge in [0.05, 0.1) is 17.9 Å². The first-order chi connectivity index (χ1) is 9.58. The predicted molar refractivity (Wildman–Crippen MR) is 77.3 cm³/mol. The van der Waals surface area contributed by atoms with Crippen molar-refractivity contribution in [1.29, 1.82) is 0 Å². The zero-order valence-corrected chi connectivity index (χ0v) is 11.8. The lowest BCUT2D eigenvalue weighted by molar-refractivity contribution is -0.116. The van der Waals surface area contributed by atoms with Crippen LogP contribution in [0, 0.1) is 0 Å². The molecule has 0 fully saturated rings. The molecule has 0 aliphatic carbocycles. The fourth-order valence-electron chi connectivity index (χ4n) is 1.68. The first kappa shape index (κ1) is 14.5. The highest BCUT2D eigenvalue weighted by atomic mass is 35.5. The summed E-state index contributed by atoms with van der Waals surface area (Å²) >= 11 is 5.85. The summed E-state index contributed by atoms with van der Waals surface area (Å²) in [5.74, 6) is -0.200. The number of carbonyl (C=O) groups excluding carboxylic acids is 1. The van der Waals surface area contributed by atoms with E-state index in [1.807, 2.05) is 6.92 Å². The van der Waals surface area contributed by atoms with E-state index in [2.05, 4.69) is 15.6 Å². The van der Waals surface area contributed by atoms with Gasteiger partial charge in [-0.15, -0.1) is 5.10 Å².